The smallest absolute Gasteiger partial charge is 0.325 e. The van der Waals surface area contributed by atoms with Crippen molar-refractivity contribution in [2.75, 3.05) is 6.54 Å². The van der Waals surface area contributed by atoms with E-state index in [2.05, 4.69) is 27.9 Å². The standard InChI is InChI=1S/C12H11IN2O4/c1-12(7-2-4-8(13)5-3-7)10(18)15(6-9(16)17)11(19)14-12/h2-5H,6H2,1H3,(H,14,19)(H,16,17). The summed E-state index contributed by atoms with van der Waals surface area (Å²) < 4.78 is 1.00. The van der Waals surface area contributed by atoms with E-state index in [4.69, 9.17) is 5.11 Å². The molecule has 3 amide bonds. The molecule has 7 heteroatoms. The summed E-state index contributed by atoms with van der Waals surface area (Å²) >= 11 is 2.13. The normalized spacial score (nSPS) is 22.5. The number of carbonyl (C=O) groups excluding carboxylic acids is 2. The second-order valence-electron chi connectivity index (χ2n) is 4.35. The maximum Gasteiger partial charge on any atom is 0.325 e. The summed E-state index contributed by atoms with van der Waals surface area (Å²) in [5.41, 5.74) is -0.587. The molecule has 6 nitrogen and oxygen atoms in total. The Kier molecular flexibility index (Phi) is 3.48. The molecule has 1 aliphatic rings. The van der Waals surface area contributed by atoms with E-state index in [1.165, 1.54) is 0 Å². The van der Waals surface area contributed by atoms with Gasteiger partial charge in [0.25, 0.3) is 5.91 Å². The van der Waals surface area contributed by atoms with E-state index in [9.17, 15) is 14.4 Å². The number of carbonyl (C=O) groups is 3. The van der Waals surface area contributed by atoms with Gasteiger partial charge in [0.2, 0.25) is 0 Å². The molecule has 1 fully saturated rings. The summed E-state index contributed by atoms with van der Waals surface area (Å²) in [5.74, 6) is -1.78. The van der Waals surface area contributed by atoms with Crippen molar-refractivity contribution >= 4 is 40.5 Å². The third-order valence-electron chi connectivity index (χ3n) is 2.99. The molecule has 19 heavy (non-hydrogen) atoms. The zero-order valence-corrected chi connectivity index (χ0v) is 12.2. The number of imide groups is 1. The molecule has 0 aromatic heterocycles. The highest BCUT2D eigenvalue weighted by Crippen LogP contribution is 2.28. The monoisotopic (exact) mass is 374 g/mol. The second kappa shape index (κ2) is 4.80. The van der Waals surface area contributed by atoms with Crippen LogP contribution in [0.15, 0.2) is 24.3 Å². The van der Waals surface area contributed by atoms with Crippen LogP contribution < -0.4 is 5.32 Å². The topological polar surface area (TPSA) is 86.7 Å². The Balaban J connectivity index is 2.35. The minimum atomic E-state index is -1.23. The largest absolute Gasteiger partial charge is 0.480 e. The first-order valence-electron chi connectivity index (χ1n) is 5.46. The molecule has 1 unspecified atom stereocenters. The zero-order valence-electron chi connectivity index (χ0n) is 10.0. The van der Waals surface area contributed by atoms with Gasteiger partial charge < -0.3 is 10.4 Å². The number of carboxylic acid groups (broad SMARTS) is 1. The molecule has 0 spiro atoms. The van der Waals surface area contributed by atoms with Crippen LogP contribution in [-0.2, 0) is 15.1 Å². The van der Waals surface area contributed by atoms with Gasteiger partial charge in [-0.15, -0.1) is 0 Å². The van der Waals surface area contributed by atoms with Gasteiger partial charge >= 0.3 is 12.0 Å². The molecule has 1 aromatic rings. The van der Waals surface area contributed by atoms with Gasteiger partial charge in [0.1, 0.15) is 12.1 Å². The summed E-state index contributed by atoms with van der Waals surface area (Å²) in [5, 5.41) is 11.3. The number of carboxylic acids is 1. The number of nitrogens with one attached hydrogen (secondary N) is 1. The molecule has 1 atom stereocenters. The van der Waals surface area contributed by atoms with Gasteiger partial charge in [-0.1, -0.05) is 12.1 Å². The Hall–Kier alpha value is -1.64. The van der Waals surface area contributed by atoms with Gasteiger partial charge in [0, 0.05) is 3.57 Å². The van der Waals surface area contributed by atoms with Gasteiger partial charge in [0.05, 0.1) is 0 Å². The van der Waals surface area contributed by atoms with Crippen molar-refractivity contribution in [3.05, 3.63) is 33.4 Å². The second-order valence-corrected chi connectivity index (χ2v) is 5.59. The van der Waals surface area contributed by atoms with E-state index >= 15 is 0 Å². The number of amides is 3. The van der Waals surface area contributed by atoms with Gasteiger partial charge in [-0.25, -0.2) is 4.79 Å². The van der Waals surface area contributed by atoms with Crippen molar-refractivity contribution in [3.63, 3.8) is 0 Å². The maximum absolute atomic E-state index is 12.2. The Labute approximate surface area is 122 Å². The molecular formula is C12H11IN2O4. The van der Waals surface area contributed by atoms with Gasteiger partial charge in [-0.05, 0) is 47.2 Å². The van der Waals surface area contributed by atoms with E-state index in [0.29, 0.717) is 10.5 Å². The fraction of sp³-hybridized carbons (Fsp3) is 0.250. The number of nitrogens with zero attached hydrogens (tertiary/aromatic N) is 1. The van der Waals surface area contributed by atoms with E-state index in [1.807, 2.05) is 12.1 Å². The molecule has 1 aromatic carbocycles. The predicted octanol–water partition coefficient (Wildman–Crippen LogP) is 1.14. The maximum atomic E-state index is 12.2. The average Bonchev–Trinajstić information content (AvgIpc) is 2.54. The first-order chi connectivity index (χ1) is 8.84. The van der Waals surface area contributed by atoms with Crippen LogP contribution in [0.4, 0.5) is 4.79 Å². The molecule has 0 aliphatic carbocycles. The Morgan fingerprint density at radius 2 is 1.95 bits per heavy atom. The highest BCUT2D eigenvalue weighted by atomic mass is 127. The van der Waals surface area contributed by atoms with Crippen molar-refractivity contribution in [2.24, 2.45) is 0 Å². The molecule has 2 rings (SSSR count). The van der Waals surface area contributed by atoms with Gasteiger partial charge in [-0.3, -0.25) is 14.5 Å². The number of halogens is 1. The van der Waals surface area contributed by atoms with Gasteiger partial charge in [-0.2, -0.15) is 0 Å². The average molecular weight is 374 g/mol. The number of urea groups is 1. The van der Waals surface area contributed by atoms with E-state index < -0.39 is 30.0 Å². The van der Waals surface area contributed by atoms with Crippen LogP contribution in [0.2, 0.25) is 0 Å². The van der Waals surface area contributed by atoms with E-state index in [0.717, 1.165) is 3.57 Å². The summed E-state index contributed by atoms with van der Waals surface area (Å²) in [7, 11) is 0. The van der Waals surface area contributed by atoms with Crippen LogP contribution in [0.3, 0.4) is 0 Å². The minimum Gasteiger partial charge on any atom is -0.480 e. The van der Waals surface area contributed by atoms with Crippen molar-refractivity contribution < 1.29 is 19.5 Å². The van der Waals surface area contributed by atoms with Crippen LogP contribution >= 0.6 is 22.6 Å². The number of benzene rings is 1. The first-order valence-corrected chi connectivity index (χ1v) is 6.54. The fourth-order valence-electron chi connectivity index (χ4n) is 1.95. The van der Waals surface area contributed by atoms with Crippen LogP contribution in [0.25, 0.3) is 0 Å². The predicted molar refractivity (Wildman–Crippen MR) is 74.4 cm³/mol. The molecular weight excluding hydrogens is 363 g/mol. The zero-order chi connectivity index (χ0) is 14.2. The third-order valence-corrected chi connectivity index (χ3v) is 3.71. The first kappa shape index (κ1) is 13.8. The Morgan fingerprint density at radius 3 is 2.47 bits per heavy atom. The quantitative estimate of drug-likeness (QED) is 0.614. The molecule has 0 bridgehead atoms. The van der Waals surface area contributed by atoms with Crippen molar-refractivity contribution in [1.29, 1.82) is 0 Å². The molecule has 1 heterocycles. The third kappa shape index (κ3) is 2.42. The molecule has 0 radical (unpaired) electrons. The van der Waals surface area contributed by atoms with Crippen LogP contribution in [0, 0.1) is 3.57 Å². The van der Waals surface area contributed by atoms with Crippen LogP contribution in [-0.4, -0.2) is 34.5 Å². The van der Waals surface area contributed by atoms with Crippen molar-refractivity contribution in [2.45, 2.75) is 12.5 Å². The Morgan fingerprint density at radius 1 is 1.37 bits per heavy atom. The number of hydrogen-bond donors (Lipinski definition) is 2. The number of aliphatic carboxylic acids is 1. The van der Waals surface area contributed by atoms with E-state index in [1.54, 1.807) is 19.1 Å². The number of hydrogen-bond acceptors (Lipinski definition) is 3. The molecule has 2 N–H and O–H groups in total. The Bertz CT molecular complexity index is 557. The number of rotatable bonds is 3. The molecule has 0 saturated carbocycles. The van der Waals surface area contributed by atoms with Crippen LogP contribution in [0.5, 0.6) is 0 Å². The summed E-state index contributed by atoms with van der Waals surface area (Å²) in [6.45, 7) is 0.932. The lowest BCUT2D eigenvalue weighted by Crippen LogP contribution is -2.41. The highest BCUT2D eigenvalue weighted by Gasteiger charge is 2.49. The highest BCUT2D eigenvalue weighted by molar-refractivity contribution is 14.1. The minimum absolute atomic E-state index is 0.555. The summed E-state index contributed by atoms with van der Waals surface area (Å²) in [4.78, 5) is 35.3. The lowest BCUT2D eigenvalue weighted by Gasteiger charge is -2.21. The SMILES string of the molecule is CC1(c2ccc(I)cc2)NC(=O)N(CC(=O)O)C1=O. The van der Waals surface area contributed by atoms with Gasteiger partial charge in [0.15, 0.2) is 0 Å². The lowest BCUT2D eigenvalue weighted by molar-refractivity contribution is -0.142. The summed E-state index contributed by atoms with van der Waals surface area (Å²) in [6, 6.07) is 6.43. The van der Waals surface area contributed by atoms with E-state index in [-0.39, 0.29) is 0 Å². The lowest BCUT2D eigenvalue weighted by atomic mass is 9.92. The molecule has 1 saturated heterocycles. The molecule has 1 aliphatic heterocycles. The van der Waals surface area contributed by atoms with Crippen LogP contribution in [0.1, 0.15) is 12.5 Å². The summed E-state index contributed by atoms with van der Waals surface area (Å²) in [6.07, 6.45) is 0. The van der Waals surface area contributed by atoms with Crippen molar-refractivity contribution in [3.8, 4) is 0 Å². The fourth-order valence-corrected chi connectivity index (χ4v) is 2.31. The molecule has 100 valence electrons. The van der Waals surface area contributed by atoms with Crippen molar-refractivity contribution in [1.82, 2.24) is 10.2 Å².